The van der Waals surface area contributed by atoms with Gasteiger partial charge >= 0.3 is 0 Å². The second-order valence-electron chi connectivity index (χ2n) is 4.24. The molecule has 0 fully saturated rings. The Bertz CT molecular complexity index is 486. The molecule has 1 rings (SSSR count). The zero-order valence-electron chi connectivity index (χ0n) is 10.7. The van der Waals surface area contributed by atoms with Crippen molar-refractivity contribution in [2.75, 3.05) is 13.2 Å². The molecule has 0 saturated heterocycles. The minimum atomic E-state index is -3.61. The summed E-state index contributed by atoms with van der Waals surface area (Å²) < 4.78 is 26.3. The Morgan fingerprint density at radius 3 is 2.44 bits per heavy atom. The van der Waals surface area contributed by atoms with Gasteiger partial charge in [0.15, 0.2) is 0 Å². The molecule has 0 radical (unpaired) electrons. The number of hydrogen-bond acceptors (Lipinski definition) is 4. The average molecular weight is 272 g/mol. The number of sulfonamides is 1. The van der Waals surface area contributed by atoms with Gasteiger partial charge in [-0.25, -0.2) is 8.42 Å². The Balaban J connectivity index is 3.26. The third kappa shape index (κ3) is 3.08. The molecule has 0 bridgehead atoms. The summed E-state index contributed by atoms with van der Waals surface area (Å²) in [5.74, 6) is 0. The summed E-state index contributed by atoms with van der Waals surface area (Å²) in [4.78, 5) is 0.217. The Hall–Kier alpha value is -0.950. The van der Waals surface area contributed by atoms with Crippen LogP contribution in [0.1, 0.15) is 19.4 Å². The van der Waals surface area contributed by atoms with Crippen LogP contribution in [0.2, 0.25) is 0 Å². The predicted molar refractivity (Wildman–Crippen MR) is 70.4 cm³/mol. The van der Waals surface area contributed by atoms with E-state index in [1.807, 2.05) is 0 Å². The summed E-state index contributed by atoms with van der Waals surface area (Å²) >= 11 is 0. The van der Waals surface area contributed by atoms with Crippen LogP contribution in [0.4, 0.5) is 0 Å². The quantitative estimate of drug-likeness (QED) is 0.791. The van der Waals surface area contributed by atoms with E-state index >= 15 is 0 Å². The smallest absolute Gasteiger partial charge is 0.243 e. The fourth-order valence-electron chi connectivity index (χ4n) is 1.80. The monoisotopic (exact) mass is 272 g/mol. The topological polar surface area (TPSA) is 83.6 Å². The van der Waals surface area contributed by atoms with Crippen LogP contribution in [0, 0.1) is 0 Å². The van der Waals surface area contributed by atoms with Gasteiger partial charge in [-0.05, 0) is 25.5 Å². The molecule has 0 atom stereocenters. The van der Waals surface area contributed by atoms with Crippen LogP contribution in [0.25, 0.3) is 0 Å². The maximum Gasteiger partial charge on any atom is 0.243 e. The number of nitrogens with two attached hydrogens (primary N) is 1. The summed E-state index contributed by atoms with van der Waals surface area (Å²) in [5.41, 5.74) is 6.15. The second-order valence-corrected chi connectivity index (χ2v) is 6.10. The van der Waals surface area contributed by atoms with E-state index in [9.17, 15) is 8.42 Å². The van der Waals surface area contributed by atoms with Gasteiger partial charge in [-0.2, -0.15) is 4.31 Å². The molecular formula is C12H20N2O3S. The van der Waals surface area contributed by atoms with Gasteiger partial charge in [0.05, 0.1) is 11.5 Å². The zero-order valence-corrected chi connectivity index (χ0v) is 11.5. The van der Waals surface area contributed by atoms with Gasteiger partial charge in [-0.15, -0.1) is 0 Å². The largest absolute Gasteiger partial charge is 0.395 e. The lowest BCUT2D eigenvalue weighted by Crippen LogP contribution is -2.39. The average Bonchev–Trinajstić information content (AvgIpc) is 2.35. The fraction of sp³-hybridized carbons (Fsp3) is 0.500. The molecule has 0 amide bonds. The van der Waals surface area contributed by atoms with Gasteiger partial charge in [0.2, 0.25) is 10.0 Å². The molecular weight excluding hydrogens is 252 g/mol. The Morgan fingerprint density at radius 2 is 1.94 bits per heavy atom. The van der Waals surface area contributed by atoms with Crippen molar-refractivity contribution in [2.45, 2.75) is 31.3 Å². The van der Waals surface area contributed by atoms with E-state index in [-0.39, 0.29) is 30.6 Å². The molecule has 6 heteroatoms. The number of benzene rings is 1. The molecule has 0 aliphatic heterocycles. The Morgan fingerprint density at radius 1 is 1.33 bits per heavy atom. The van der Waals surface area contributed by atoms with Gasteiger partial charge in [0.25, 0.3) is 0 Å². The van der Waals surface area contributed by atoms with E-state index in [1.165, 1.54) is 4.31 Å². The number of nitrogens with zero attached hydrogens (tertiary/aromatic N) is 1. The van der Waals surface area contributed by atoms with Crippen LogP contribution in [-0.2, 0) is 16.6 Å². The highest BCUT2D eigenvalue weighted by molar-refractivity contribution is 7.89. The molecule has 3 N–H and O–H groups in total. The normalized spacial score (nSPS) is 12.3. The van der Waals surface area contributed by atoms with Gasteiger partial charge in [0.1, 0.15) is 0 Å². The van der Waals surface area contributed by atoms with Crippen LogP contribution >= 0.6 is 0 Å². The first-order valence-corrected chi connectivity index (χ1v) is 7.29. The molecule has 0 spiro atoms. The van der Waals surface area contributed by atoms with Crippen molar-refractivity contribution in [2.24, 2.45) is 5.73 Å². The van der Waals surface area contributed by atoms with Gasteiger partial charge in [-0.3, -0.25) is 0 Å². The molecule has 0 aromatic heterocycles. The maximum absolute atomic E-state index is 12.5. The minimum Gasteiger partial charge on any atom is -0.395 e. The number of hydrogen-bond donors (Lipinski definition) is 2. The number of rotatable bonds is 6. The molecule has 102 valence electrons. The summed E-state index contributed by atoms with van der Waals surface area (Å²) in [6.45, 7) is 3.60. The Kier molecular flexibility index (Phi) is 5.28. The minimum absolute atomic E-state index is 0.0822. The molecule has 1 aromatic rings. The molecule has 0 aliphatic rings. The van der Waals surface area contributed by atoms with Gasteiger partial charge in [-0.1, -0.05) is 18.2 Å². The summed E-state index contributed by atoms with van der Waals surface area (Å²) in [6, 6.07) is 6.46. The van der Waals surface area contributed by atoms with Crippen molar-refractivity contribution in [3.05, 3.63) is 29.8 Å². The third-order valence-corrected chi connectivity index (χ3v) is 4.85. The van der Waals surface area contributed by atoms with Crippen molar-refractivity contribution >= 4 is 10.0 Å². The highest BCUT2D eigenvalue weighted by atomic mass is 32.2. The predicted octanol–water partition coefficient (Wildman–Crippen LogP) is 0.537. The molecule has 0 saturated carbocycles. The number of aliphatic hydroxyl groups is 1. The molecule has 18 heavy (non-hydrogen) atoms. The Labute approximate surface area is 108 Å². The standard InChI is InChI=1S/C12H20N2O3S/c1-10(2)14(7-8-15)18(16,17)12-6-4-3-5-11(12)9-13/h3-6,10,15H,7-9,13H2,1-2H3. The van der Waals surface area contributed by atoms with Crippen molar-refractivity contribution in [3.63, 3.8) is 0 Å². The van der Waals surface area contributed by atoms with Gasteiger partial charge < -0.3 is 10.8 Å². The fourth-order valence-corrected chi connectivity index (χ4v) is 3.67. The maximum atomic E-state index is 12.5. The first-order valence-electron chi connectivity index (χ1n) is 5.85. The summed E-state index contributed by atoms with van der Waals surface area (Å²) in [5, 5.41) is 8.99. The van der Waals surface area contributed by atoms with Crippen LogP contribution < -0.4 is 5.73 Å². The zero-order chi connectivity index (χ0) is 13.8. The van der Waals surface area contributed by atoms with E-state index in [1.54, 1.807) is 38.1 Å². The van der Waals surface area contributed by atoms with E-state index < -0.39 is 10.0 Å². The number of aliphatic hydroxyl groups excluding tert-OH is 1. The van der Waals surface area contributed by atoms with Crippen molar-refractivity contribution in [1.29, 1.82) is 0 Å². The second kappa shape index (κ2) is 6.29. The van der Waals surface area contributed by atoms with Crippen LogP contribution in [0.15, 0.2) is 29.2 Å². The molecule has 5 nitrogen and oxygen atoms in total. The first kappa shape index (κ1) is 15.1. The van der Waals surface area contributed by atoms with E-state index in [4.69, 9.17) is 10.8 Å². The highest BCUT2D eigenvalue weighted by Crippen LogP contribution is 2.21. The van der Waals surface area contributed by atoms with Crippen LogP contribution in [0.5, 0.6) is 0 Å². The van der Waals surface area contributed by atoms with Crippen LogP contribution in [0.3, 0.4) is 0 Å². The van der Waals surface area contributed by atoms with E-state index in [0.717, 1.165) is 0 Å². The van der Waals surface area contributed by atoms with Crippen molar-refractivity contribution in [1.82, 2.24) is 4.31 Å². The molecule has 0 unspecified atom stereocenters. The lowest BCUT2D eigenvalue weighted by Gasteiger charge is -2.26. The lowest BCUT2D eigenvalue weighted by atomic mass is 10.2. The van der Waals surface area contributed by atoms with Crippen LogP contribution in [-0.4, -0.2) is 37.0 Å². The SMILES string of the molecule is CC(C)N(CCO)S(=O)(=O)c1ccccc1CN. The van der Waals surface area contributed by atoms with Gasteiger partial charge in [0, 0.05) is 19.1 Å². The molecule has 1 aromatic carbocycles. The van der Waals surface area contributed by atoms with Crippen molar-refractivity contribution < 1.29 is 13.5 Å². The van der Waals surface area contributed by atoms with E-state index in [0.29, 0.717) is 5.56 Å². The van der Waals surface area contributed by atoms with E-state index in [2.05, 4.69) is 0 Å². The lowest BCUT2D eigenvalue weighted by molar-refractivity contribution is 0.236. The first-order chi connectivity index (χ1) is 8.45. The summed E-state index contributed by atoms with van der Waals surface area (Å²) in [7, 11) is -3.61. The molecule has 0 aliphatic carbocycles. The third-order valence-electron chi connectivity index (χ3n) is 2.68. The molecule has 0 heterocycles. The van der Waals surface area contributed by atoms with Crippen molar-refractivity contribution in [3.8, 4) is 0 Å². The summed E-state index contributed by atoms with van der Waals surface area (Å²) in [6.07, 6.45) is 0. The highest BCUT2D eigenvalue weighted by Gasteiger charge is 2.28.